The maximum atomic E-state index is 13.6. The second-order valence-corrected chi connectivity index (χ2v) is 10.4. The molecule has 1 saturated heterocycles. The maximum absolute atomic E-state index is 13.6. The molecule has 1 aromatic rings. The van der Waals surface area contributed by atoms with Crippen molar-refractivity contribution in [3.05, 3.63) is 23.9 Å². The number of rotatable bonds is 11. The van der Waals surface area contributed by atoms with Crippen LogP contribution in [0.3, 0.4) is 0 Å². The van der Waals surface area contributed by atoms with Gasteiger partial charge in [0.1, 0.15) is 5.82 Å². The van der Waals surface area contributed by atoms with E-state index in [1.54, 1.807) is 4.90 Å². The number of nitrogens with one attached hydrogen (secondary N) is 2. The van der Waals surface area contributed by atoms with Crippen LogP contribution in [0.2, 0.25) is 0 Å². The third kappa shape index (κ3) is 7.87. The van der Waals surface area contributed by atoms with Gasteiger partial charge in [-0.1, -0.05) is 33.8 Å². The molecule has 9 heteroatoms. The van der Waals surface area contributed by atoms with Crippen molar-refractivity contribution in [3.63, 3.8) is 0 Å². The molecule has 2 fully saturated rings. The van der Waals surface area contributed by atoms with Crippen LogP contribution in [0, 0.1) is 17.8 Å². The number of nitrogens with zero attached hydrogens (tertiary/aromatic N) is 2. The zero-order chi connectivity index (χ0) is 24.8. The largest absolute Gasteiger partial charge is 0.391 e. The van der Waals surface area contributed by atoms with Crippen molar-refractivity contribution in [1.29, 1.82) is 0 Å². The summed E-state index contributed by atoms with van der Waals surface area (Å²) in [6.07, 6.45) is 3.40. The van der Waals surface area contributed by atoms with Gasteiger partial charge in [-0.25, -0.2) is 4.98 Å². The van der Waals surface area contributed by atoms with Gasteiger partial charge in [0.05, 0.1) is 30.6 Å². The van der Waals surface area contributed by atoms with E-state index in [9.17, 15) is 14.7 Å². The van der Waals surface area contributed by atoms with Crippen molar-refractivity contribution >= 4 is 30.0 Å². The van der Waals surface area contributed by atoms with E-state index in [1.165, 1.54) is 0 Å². The molecule has 0 bridgehead atoms. The van der Waals surface area contributed by atoms with Gasteiger partial charge < -0.3 is 20.5 Å². The third-order valence-electron chi connectivity index (χ3n) is 6.67. The van der Waals surface area contributed by atoms with Crippen LogP contribution in [0.4, 0.5) is 5.82 Å². The number of aromatic nitrogens is 1. The molecule has 3 rings (SSSR count). The van der Waals surface area contributed by atoms with Gasteiger partial charge in [0.2, 0.25) is 11.8 Å². The Labute approximate surface area is 216 Å². The number of aliphatic hydroxyl groups is 1. The fraction of sp³-hybridized carbons (Fsp3) is 0.731. The number of carbonyl (C=O) groups is 2. The summed E-state index contributed by atoms with van der Waals surface area (Å²) in [5.41, 5.74) is 1.12. The number of ether oxygens (including phenoxy) is 1. The van der Waals surface area contributed by atoms with Gasteiger partial charge in [0.25, 0.3) is 0 Å². The molecule has 1 aliphatic carbocycles. The summed E-state index contributed by atoms with van der Waals surface area (Å²) in [5.74, 6) is -0.431. The zero-order valence-corrected chi connectivity index (χ0v) is 22.5. The van der Waals surface area contributed by atoms with Gasteiger partial charge in [0.15, 0.2) is 0 Å². The molecule has 198 valence electrons. The predicted octanol–water partition coefficient (Wildman–Crippen LogP) is 2.89. The molecule has 2 amide bonds. The first-order chi connectivity index (χ1) is 16.2. The summed E-state index contributed by atoms with van der Waals surface area (Å²) in [6.45, 7) is 12.0. The molecule has 1 aliphatic heterocycles. The summed E-state index contributed by atoms with van der Waals surface area (Å²) in [5, 5.41) is 17.4. The second-order valence-electron chi connectivity index (χ2n) is 10.4. The Balaban J connectivity index is 0.00000432. The number of carbonyl (C=O) groups excluding carboxylic acids is 2. The average molecular weight is 511 g/mol. The molecule has 2 aliphatic rings. The number of hydrogen-bond donors (Lipinski definition) is 3. The highest BCUT2D eigenvalue weighted by Gasteiger charge is 2.45. The molecule has 0 radical (unpaired) electrons. The lowest BCUT2D eigenvalue weighted by Crippen LogP contribution is -2.59. The number of amides is 2. The SMILES string of the molecule is CCOC[C@@H](CC(C)C)NC(=O)[C@@H]1CNC[C@H](C(=O)N(c2ccc(C(C)C)cn2)C2CC2)[C@@H]1O.Cl. The molecule has 4 atom stereocenters. The second kappa shape index (κ2) is 13.5. The maximum Gasteiger partial charge on any atom is 0.235 e. The first kappa shape index (κ1) is 29.5. The summed E-state index contributed by atoms with van der Waals surface area (Å²) in [7, 11) is 0. The normalized spacial score (nSPS) is 23.0. The monoisotopic (exact) mass is 510 g/mol. The highest BCUT2D eigenvalue weighted by atomic mass is 35.5. The van der Waals surface area contributed by atoms with Gasteiger partial charge in [-0.3, -0.25) is 14.5 Å². The molecule has 0 spiro atoms. The smallest absolute Gasteiger partial charge is 0.235 e. The van der Waals surface area contributed by atoms with E-state index in [0.717, 1.165) is 24.8 Å². The van der Waals surface area contributed by atoms with E-state index >= 15 is 0 Å². The Bertz CT molecular complexity index is 816. The standard InChI is InChI=1S/C26H42N4O4.ClH/c1-6-34-15-19(11-16(2)3)29-25(32)21-13-27-14-22(24(21)31)26(33)30(20-8-9-20)23-10-7-18(12-28-23)17(4)5;/h7,10,12,16-17,19-22,24,27,31H,6,8-9,11,13-15H2,1-5H3,(H,29,32);1H/t19-,21-,22+,24-;/m1./s1. The zero-order valence-electron chi connectivity index (χ0n) is 21.7. The Morgan fingerprint density at radius 1 is 1.20 bits per heavy atom. The van der Waals surface area contributed by atoms with Gasteiger partial charge in [-0.2, -0.15) is 0 Å². The lowest BCUT2D eigenvalue weighted by atomic mass is 9.85. The van der Waals surface area contributed by atoms with Crippen molar-refractivity contribution in [2.45, 2.75) is 78.0 Å². The van der Waals surface area contributed by atoms with Crippen LogP contribution < -0.4 is 15.5 Å². The minimum absolute atomic E-state index is 0. The first-order valence-corrected chi connectivity index (χ1v) is 12.8. The molecule has 2 heterocycles. The highest BCUT2D eigenvalue weighted by molar-refractivity contribution is 5.96. The van der Waals surface area contributed by atoms with Crippen molar-refractivity contribution in [2.24, 2.45) is 17.8 Å². The van der Waals surface area contributed by atoms with E-state index in [-0.39, 0.29) is 36.3 Å². The summed E-state index contributed by atoms with van der Waals surface area (Å²) in [6, 6.07) is 3.88. The van der Waals surface area contributed by atoms with Crippen molar-refractivity contribution < 1.29 is 19.4 Å². The molecular weight excluding hydrogens is 468 g/mol. The highest BCUT2D eigenvalue weighted by Crippen LogP contribution is 2.34. The molecular formula is C26H43ClN4O4. The van der Waals surface area contributed by atoms with Crippen molar-refractivity contribution in [3.8, 4) is 0 Å². The summed E-state index contributed by atoms with van der Waals surface area (Å²) < 4.78 is 5.55. The number of anilines is 1. The first-order valence-electron chi connectivity index (χ1n) is 12.8. The van der Waals surface area contributed by atoms with Crippen molar-refractivity contribution in [2.75, 3.05) is 31.2 Å². The summed E-state index contributed by atoms with van der Waals surface area (Å²) >= 11 is 0. The van der Waals surface area contributed by atoms with E-state index in [4.69, 9.17) is 4.74 Å². The Kier molecular flexibility index (Phi) is 11.4. The topological polar surface area (TPSA) is 104 Å². The molecule has 0 aromatic carbocycles. The van der Waals surface area contributed by atoms with Gasteiger partial charge >= 0.3 is 0 Å². The minimum atomic E-state index is -1.06. The van der Waals surface area contributed by atoms with Crippen LogP contribution in [-0.4, -0.2) is 66.4 Å². The van der Waals surface area contributed by atoms with Crippen LogP contribution in [-0.2, 0) is 14.3 Å². The Hall–Kier alpha value is -1.74. The fourth-order valence-electron chi connectivity index (χ4n) is 4.58. The van der Waals surface area contributed by atoms with Crippen LogP contribution in [0.25, 0.3) is 0 Å². The molecule has 1 aromatic heterocycles. The van der Waals surface area contributed by atoms with Crippen LogP contribution in [0.5, 0.6) is 0 Å². The van der Waals surface area contributed by atoms with E-state index in [2.05, 4.69) is 43.3 Å². The number of pyridine rings is 1. The number of aliphatic hydroxyl groups excluding tert-OH is 1. The van der Waals surface area contributed by atoms with E-state index in [0.29, 0.717) is 44.0 Å². The van der Waals surface area contributed by atoms with Crippen molar-refractivity contribution in [1.82, 2.24) is 15.6 Å². The fourth-order valence-corrected chi connectivity index (χ4v) is 4.58. The lowest BCUT2D eigenvalue weighted by molar-refractivity contribution is -0.137. The molecule has 3 N–H and O–H groups in total. The van der Waals surface area contributed by atoms with Gasteiger partial charge in [-0.15, -0.1) is 12.4 Å². The minimum Gasteiger partial charge on any atom is -0.391 e. The van der Waals surface area contributed by atoms with Gasteiger partial charge in [-0.05, 0) is 49.7 Å². The molecule has 8 nitrogen and oxygen atoms in total. The molecule has 0 unspecified atom stereocenters. The summed E-state index contributed by atoms with van der Waals surface area (Å²) in [4.78, 5) is 33.0. The number of hydrogen-bond acceptors (Lipinski definition) is 6. The lowest BCUT2D eigenvalue weighted by Gasteiger charge is -2.37. The quantitative estimate of drug-likeness (QED) is 0.423. The van der Waals surface area contributed by atoms with Crippen LogP contribution in [0.15, 0.2) is 18.3 Å². The van der Waals surface area contributed by atoms with E-state index in [1.807, 2.05) is 25.3 Å². The molecule has 1 saturated carbocycles. The predicted molar refractivity (Wildman–Crippen MR) is 140 cm³/mol. The Morgan fingerprint density at radius 2 is 1.89 bits per heavy atom. The average Bonchev–Trinajstić information content (AvgIpc) is 3.62. The third-order valence-corrected chi connectivity index (χ3v) is 6.67. The van der Waals surface area contributed by atoms with Crippen LogP contribution >= 0.6 is 12.4 Å². The number of halogens is 1. The molecule has 35 heavy (non-hydrogen) atoms. The number of piperidine rings is 1. The van der Waals surface area contributed by atoms with Gasteiger partial charge in [0, 0.05) is 31.9 Å². The van der Waals surface area contributed by atoms with Crippen LogP contribution in [0.1, 0.15) is 65.4 Å². The van der Waals surface area contributed by atoms with E-state index < -0.39 is 17.9 Å². The Morgan fingerprint density at radius 3 is 2.43 bits per heavy atom.